The number of hydrazine groups is 1. The highest BCUT2D eigenvalue weighted by atomic mass is 79.9. The summed E-state index contributed by atoms with van der Waals surface area (Å²) in [5.74, 6) is 6.47. The number of rotatable bonds is 3. The minimum Gasteiger partial charge on any atom is -0.325 e. The maximum Gasteiger partial charge on any atom is 0.210 e. The number of guanidine groups is 1. The van der Waals surface area contributed by atoms with E-state index in [1.165, 1.54) is 0 Å². The summed E-state index contributed by atoms with van der Waals surface area (Å²) in [7, 11) is 0. The summed E-state index contributed by atoms with van der Waals surface area (Å²) in [6, 6.07) is 7.82. The SMILES string of the molecule is CC(C)CN=C(NN)Nc1cccc(Br)c1. The summed E-state index contributed by atoms with van der Waals surface area (Å²) in [6.07, 6.45) is 0. The van der Waals surface area contributed by atoms with Crippen LogP contribution in [0.2, 0.25) is 0 Å². The Morgan fingerprint density at radius 2 is 2.25 bits per heavy atom. The number of hydrogen-bond acceptors (Lipinski definition) is 2. The summed E-state index contributed by atoms with van der Waals surface area (Å²) in [5, 5.41) is 3.11. The van der Waals surface area contributed by atoms with Gasteiger partial charge in [-0.05, 0) is 24.1 Å². The molecule has 0 unspecified atom stereocenters. The first-order valence-corrected chi connectivity index (χ1v) is 5.94. The van der Waals surface area contributed by atoms with E-state index in [2.05, 4.69) is 45.5 Å². The molecule has 0 atom stereocenters. The molecule has 1 aromatic rings. The Morgan fingerprint density at radius 3 is 2.81 bits per heavy atom. The summed E-state index contributed by atoms with van der Waals surface area (Å²) >= 11 is 3.40. The molecule has 1 rings (SSSR count). The summed E-state index contributed by atoms with van der Waals surface area (Å²) < 4.78 is 1.01. The van der Waals surface area contributed by atoms with Crippen LogP contribution in [-0.4, -0.2) is 12.5 Å². The number of benzene rings is 1. The molecule has 0 spiro atoms. The Balaban J connectivity index is 2.66. The van der Waals surface area contributed by atoms with Crippen LogP contribution in [0.15, 0.2) is 33.7 Å². The number of aliphatic imine (C=N–C) groups is 1. The average Bonchev–Trinajstić information content (AvgIpc) is 2.24. The monoisotopic (exact) mass is 284 g/mol. The van der Waals surface area contributed by atoms with Gasteiger partial charge in [-0.25, -0.2) is 5.84 Å². The topological polar surface area (TPSA) is 62.4 Å². The normalized spacial score (nSPS) is 11.7. The van der Waals surface area contributed by atoms with Crippen molar-refractivity contribution in [1.29, 1.82) is 0 Å². The van der Waals surface area contributed by atoms with Crippen LogP contribution in [0.1, 0.15) is 13.8 Å². The lowest BCUT2D eigenvalue weighted by molar-refractivity contribution is 0.663. The third-order valence-electron chi connectivity index (χ3n) is 1.84. The van der Waals surface area contributed by atoms with Crippen LogP contribution < -0.4 is 16.6 Å². The van der Waals surface area contributed by atoms with E-state index in [9.17, 15) is 0 Å². The van der Waals surface area contributed by atoms with Gasteiger partial charge >= 0.3 is 0 Å². The summed E-state index contributed by atoms with van der Waals surface area (Å²) in [5.41, 5.74) is 3.49. The van der Waals surface area contributed by atoms with Crippen molar-refractivity contribution in [1.82, 2.24) is 5.43 Å². The molecular formula is C11H17BrN4. The van der Waals surface area contributed by atoms with Crippen LogP contribution >= 0.6 is 15.9 Å². The third-order valence-corrected chi connectivity index (χ3v) is 2.33. The van der Waals surface area contributed by atoms with E-state index in [0.717, 1.165) is 16.7 Å². The molecular weight excluding hydrogens is 268 g/mol. The van der Waals surface area contributed by atoms with Gasteiger partial charge in [0.2, 0.25) is 5.96 Å². The lowest BCUT2D eigenvalue weighted by Crippen LogP contribution is -2.36. The fourth-order valence-electron chi connectivity index (χ4n) is 1.10. The third kappa shape index (κ3) is 4.63. The van der Waals surface area contributed by atoms with Crippen molar-refractivity contribution >= 4 is 27.6 Å². The maximum absolute atomic E-state index is 5.39. The van der Waals surface area contributed by atoms with Gasteiger partial charge in [0.25, 0.3) is 0 Å². The van der Waals surface area contributed by atoms with Crippen LogP contribution in [0.3, 0.4) is 0 Å². The molecule has 0 saturated heterocycles. The molecule has 0 heterocycles. The minimum atomic E-state index is 0.507. The molecule has 0 bridgehead atoms. The van der Waals surface area contributed by atoms with Crippen molar-refractivity contribution < 1.29 is 0 Å². The predicted octanol–water partition coefficient (Wildman–Crippen LogP) is 2.34. The first-order valence-electron chi connectivity index (χ1n) is 5.15. The van der Waals surface area contributed by atoms with Gasteiger partial charge in [-0.15, -0.1) is 0 Å². The molecule has 0 aliphatic carbocycles. The Bertz CT molecular complexity index is 363. The Morgan fingerprint density at radius 1 is 1.50 bits per heavy atom. The number of anilines is 1. The van der Waals surface area contributed by atoms with Gasteiger partial charge in [0, 0.05) is 16.7 Å². The summed E-state index contributed by atoms with van der Waals surface area (Å²) in [6.45, 7) is 4.95. The van der Waals surface area contributed by atoms with Crippen molar-refractivity contribution in [3.8, 4) is 0 Å². The molecule has 0 fully saturated rings. The Labute approximate surface area is 104 Å². The van der Waals surface area contributed by atoms with Gasteiger partial charge in [-0.3, -0.25) is 10.4 Å². The first kappa shape index (κ1) is 13.0. The van der Waals surface area contributed by atoms with Crippen molar-refractivity contribution in [2.45, 2.75) is 13.8 Å². The Hall–Kier alpha value is -1.07. The maximum atomic E-state index is 5.39. The van der Waals surface area contributed by atoms with E-state index in [4.69, 9.17) is 5.84 Å². The van der Waals surface area contributed by atoms with E-state index in [1.807, 2.05) is 24.3 Å². The fraction of sp³-hybridized carbons (Fsp3) is 0.364. The zero-order valence-electron chi connectivity index (χ0n) is 9.50. The lowest BCUT2D eigenvalue weighted by atomic mass is 10.2. The van der Waals surface area contributed by atoms with Crippen LogP contribution in [0.25, 0.3) is 0 Å². The molecule has 0 radical (unpaired) electrons. The van der Waals surface area contributed by atoms with Gasteiger partial charge in [0.1, 0.15) is 0 Å². The molecule has 0 aliphatic rings. The van der Waals surface area contributed by atoms with E-state index in [0.29, 0.717) is 11.9 Å². The quantitative estimate of drug-likeness (QED) is 0.346. The molecule has 0 aromatic heterocycles. The zero-order chi connectivity index (χ0) is 12.0. The number of nitrogens with zero attached hydrogens (tertiary/aromatic N) is 1. The largest absolute Gasteiger partial charge is 0.325 e. The van der Waals surface area contributed by atoms with Crippen LogP contribution in [0, 0.1) is 5.92 Å². The zero-order valence-corrected chi connectivity index (χ0v) is 11.1. The number of halogens is 1. The second-order valence-electron chi connectivity index (χ2n) is 3.86. The van der Waals surface area contributed by atoms with Crippen molar-refractivity contribution in [3.05, 3.63) is 28.7 Å². The smallest absolute Gasteiger partial charge is 0.210 e. The Kier molecular flexibility index (Phi) is 5.28. The molecule has 5 heteroatoms. The van der Waals surface area contributed by atoms with E-state index in [-0.39, 0.29) is 0 Å². The standard InChI is InChI=1S/C11H17BrN4/c1-8(2)7-14-11(16-13)15-10-5-3-4-9(12)6-10/h3-6,8H,7,13H2,1-2H3,(H2,14,15,16). The highest BCUT2D eigenvalue weighted by Crippen LogP contribution is 2.15. The molecule has 4 nitrogen and oxygen atoms in total. The predicted molar refractivity (Wildman–Crippen MR) is 72.2 cm³/mol. The average molecular weight is 285 g/mol. The van der Waals surface area contributed by atoms with Gasteiger partial charge < -0.3 is 5.32 Å². The molecule has 88 valence electrons. The molecule has 16 heavy (non-hydrogen) atoms. The van der Waals surface area contributed by atoms with Crippen molar-refractivity contribution in [2.75, 3.05) is 11.9 Å². The van der Waals surface area contributed by atoms with E-state index >= 15 is 0 Å². The van der Waals surface area contributed by atoms with Gasteiger partial charge in [-0.2, -0.15) is 0 Å². The summed E-state index contributed by atoms with van der Waals surface area (Å²) in [4.78, 5) is 4.32. The number of hydrogen-bond donors (Lipinski definition) is 3. The second kappa shape index (κ2) is 6.50. The lowest BCUT2D eigenvalue weighted by Gasteiger charge is -2.10. The highest BCUT2D eigenvalue weighted by Gasteiger charge is 1.99. The van der Waals surface area contributed by atoms with Gasteiger partial charge in [0.15, 0.2) is 0 Å². The fourth-order valence-corrected chi connectivity index (χ4v) is 1.50. The van der Waals surface area contributed by atoms with Gasteiger partial charge in [-0.1, -0.05) is 35.8 Å². The van der Waals surface area contributed by atoms with Crippen molar-refractivity contribution in [2.24, 2.45) is 16.8 Å². The van der Waals surface area contributed by atoms with E-state index in [1.54, 1.807) is 0 Å². The first-order chi connectivity index (χ1) is 7.61. The molecule has 0 amide bonds. The number of nitrogens with one attached hydrogen (secondary N) is 2. The van der Waals surface area contributed by atoms with Crippen LogP contribution in [0.5, 0.6) is 0 Å². The molecule has 1 aromatic carbocycles. The molecule has 0 aliphatic heterocycles. The number of nitrogens with two attached hydrogens (primary N) is 1. The molecule has 4 N–H and O–H groups in total. The van der Waals surface area contributed by atoms with Gasteiger partial charge in [0.05, 0.1) is 0 Å². The van der Waals surface area contributed by atoms with Crippen molar-refractivity contribution in [3.63, 3.8) is 0 Å². The van der Waals surface area contributed by atoms with E-state index < -0.39 is 0 Å². The van der Waals surface area contributed by atoms with Crippen LogP contribution in [0.4, 0.5) is 5.69 Å². The highest BCUT2D eigenvalue weighted by molar-refractivity contribution is 9.10. The molecule has 0 saturated carbocycles. The van der Waals surface area contributed by atoms with Crippen LogP contribution in [-0.2, 0) is 0 Å². The minimum absolute atomic E-state index is 0.507. The second-order valence-corrected chi connectivity index (χ2v) is 4.78.